The van der Waals surface area contributed by atoms with Gasteiger partial charge >= 0.3 is 5.97 Å². The number of nitrogens with one attached hydrogen (secondary N) is 1. The molecule has 5 fully saturated rings. The van der Waals surface area contributed by atoms with Crippen molar-refractivity contribution in [1.82, 2.24) is 5.32 Å². The minimum atomic E-state index is -0.975. The number of amides is 1. The lowest BCUT2D eigenvalue weighted by Gasteiger charge is -2.56. The van der Waals surface area contributed by atoms with Gasteiger partial charge in [0.15, 0.2) is 5.17 Å². The first-order valence-corrected chi connectivity index (χ1v) is 9.63. The molecule has 0 aromatic heterocycles. The predicted octanol–water partition coefficient (Wildman–Crippen LogP) is 2.64. The van der Waals surface area contributed by atoms with E-state index >= 15 is 0 Å². The van der Waals surface area contributed by atoms with E-state index in [4.69, 9.17) is 5.11 Å². The van der Waals surface area contributed by atoms with Crippen LogP contribution in [0.5, 0.6) is 0 Å². The first-order valence-electron chi connectivity index (χ1n) is 8.75. The van der Waals surface area contributed by atoms with Crippen molar-refractivity contribution in [3.05, 3.63) is 0 Å². The van der Waals surface area contributed by atoms with E-state index in [0.29, 0.717) is 5.17 Å². The summed E-state index contributed by atoms with van der Waals surface area (Å²) in [6, 6.07) is 0. The van der Waals surface area contributed by atoms with Gasteiger partial charge in [0, 0.05) is 11.1 Å². The van der Waals surface area contributed by atoms with E-state index in [-0.39, 0.29) is 17.7 Å². The lowest BCUT2D eigenvalue weighted by molar-refractivity contribution is -0.138. The molecule has 7 heteroatoms. The second-order valence-corrected chi connectivity index (χ2v) is 9.17. The average Bonchev–Trinajstić information content (AvgIpc) is 2.83. The molecule has 130 valence electrons. The van der Waals surface area contributed by atoms with E-state index in [1.807, 2.05) is 0 Å². The summed E-state index contributed by atoms with van der Waals surface area (Å²) in [4.78, 5) is 22.5. The topological polar surface area (TPSA) is 91.1 Å². The van der Waals surface area contributed by atoms with Gasteiger partial charge in [0.05, 0.1) is 6.42 Å². The SMILES string of the molecule is C/C(=N/N=C1/NC(=O)[C@@H](CC(=O)O)S1)C12CC3CC(CC(C3)C1)C2. The van der Waals surface area contributed by atoms with Gasteiger partial charge in [-0.2, -0.15) is 5.10 Å². The number of aliphatic carboxylic acids is 1. The van der Waals surface area contributed by atoms with Crippen molar-refractivity contribution < 1.29 is 14.7 Å². The molecule has 0 radical (unpaired) electrons. The molecule has 2 N–H and O–H groups in total. The van der Waals surface area contributed by atoms with Crippen molar-refractivity contribution in [2.24, 2.45) is 33.4 Å². The number of rotatable bonds is 4. The van der Waals surface area contributed by atoms with E-state index in [9.17, 15) is 9.59 Å². The largest absolute Gasteiger partial charge is 0.481 e. The molecule has 1 heterocycles. The maximum atomic E-state index is 11.8. The number of hydrogen-bond acceptors (Lipinski definition) is 5. The van der Waals surface area contributed by atoms with Crippen LogP contribution in [0, 0.1) is 23.2 Å². The number of carboxylic acids is 1. The molecular formula is C17H23N3O3S. The number of carbonyl (C=O) groups excluding carboxylic acids is 1. The number of carbonyl (C=O) groups is 2. The first kappa shape index (κ1) is 16.1. The normalized spacial score (nSPS) is 42.6. The standard InChI is InChI=1S/C17H23N3O3S/c1-9(17-6-10-2-11(7-17)4-12(3-10)8-17)19-20-16-18-15(23)13(24-16)5-14(21)22/h10-13H,2-8H2,1H3,(H,21,22)(H,18,20,23)/b19-9-/t10?,11?,12?,13-,17?/m1/s1. The molecule has 0 aromatic carbocycles. The fourth-order valence-corrected chi connectivity index (χ4v) is 6.43. The van der Waals surface area contributed by atoms with Crippen molar-refractivity contribution in [3.8, 4) is 0 Å². The van der Waals surface area contributed by atoms with Gasteiger partial charge in [-0.3, -0.25) is 9.59 Å². The third-order valence-electron chi connectivity index (χ3n) is 6.23. The van der Waals surface area contributed by atoms with Crippen molar-refractivity contribution in [1.29, 1.82) is 0 Å². The molecule has 6 nitrogen and oxygen atoms in total. The zero-order valence-electron chi connectivity index (χ0n) is 13.8. The van der Waals surface area contributed by atoms with E-state index in [1.54, 1.807) is 0 Å². The van der Waals surface area contributed by atoms with Crippen LogP contribution in [0.1, 0.15) is 51.9 Å². The molecule has 1 atom stereocenters. The monoisotopic (exact) mass is 349 g/mol. The molecule has 0 unspecified atom stereocenters. The van der Waals surface area contributed by atoms with Gasteiger partial charge in [-0.1, -0.05) is 11.8 Å². The summed E-state index contributed by atoms with van der Waals surface area (Å²) in [6.07, 6.45) is 7.70. The molecule has 1 aliphatic heterocycles. The van der Waals surface area contributed by atoms with E-state index in [0.717, 1.165) is 23.5 Å². The Balaban J connectivity index is 1.48. The summed E-state index contributed by atoms with van der Waals surface area (Å²) >= 11 is 1.17. The highest BCUT2D eigenvalue weighted by molar-refractivity contribution is 8.15. The number of thioether (sulfide) groups is 1. The van der Waals surface area contributed by atoms with Gasteiger partial charge < -0.3 is 10.4 Å². The van der Waals surface area contributed by atoms with Crippen LogP contribution in [-0.4, -0.2) is 33.1 Å². The molecule has 0 aromatic rings. The first-order chi connectivity index (χ1) is 11.4. The number of nitrogens with zero attached hydrogens (tertiary/aromatic N) is 2. The molecular weight excluding hydrogens is 326 g/mol. The Kier molecular flexibility index (Phi) is 3.94. The fraction of sp³-hybridized carbons (Fsp3) is 0.765. The average molecular weight is 349 g/mol. The minimum Gasteiger partial charge on any atom is -0.481 e. The van der Waals surface area contributed by atoms with Gasteiger partial charge in [-0.05, 0) is 63.2 Å². The molecule has 24 heavy (non-hydrogen) atoms. The molecule has 1 saturated heterocycles. The highest BCUT2D eigenvalue weighted by Crippen LogP contribution is 2.60. The Morgan fingerprint density at radius 1 is 1.25 bits per heavy atom. The quantitative estimate of drug-likeness (QED) is 0.603. The van der Waals surface area contributed by atoms with Gasteiger partial charge in [-0.15, -0.1) is 5.10 Å². The fourth-order valence-electron chi connectivity index (χ4n) is 5.53. The Morgan fingerprint density at radius 2 is 1.83 bits per heavy atom. The molecule has 4 aliphatic carbocycles. The minimum absolute atomic E-state index is 0.187. The van der Waals surface area contributed by atoms with Crippen LogP contribution in [-0.2, 0) is 9.59 Å². The van der Waals surface area contributed by atoms with Crippen LogP contribution in [0.15, 0.2) is 10.2 Å². The zero-order valence-corrected chi connectivity index (χ0v) is 14.6. The summed E-state index contributed by atoms with van der Waals surface area (Å²) in [6.45, 7) is 2.08. The maximum Gasteiger partial charge on any atom is 0.305 e. The Bertz CT molecular complexity index is 608. The van der Waals surface area contributed by atoms with Crippen molar-refractivity contribution in [3.63, 3.8) is 0 Å². The van der Waals surface area contributed by atoms with Gasteiger partial charge in [0.2, 0.25) is 5.91 Å². The van der Waals surface area contributed by atoms with Gasteiger partial charge in [-0.25, -0.2) is 0 Å². The lowest BCUT2D eigenvalue weighted by atomic mass is 9.48. The second-order valence-electron chi connectivity index (χ2n) is 7.98. The maximum absolute atomic E-state index is 11.8. The molecule has 4 bridgehead atoms. The zero-order chi connectivity index (χ0) is 16.9. The van der Waals surface area contributed by atoms with Crippen LogP contribution in [0.25, 0.3) is 0 Å². The Hall–Kier alpha value is -1.37. The number of carboxylic acid groups (broad SMARTS) is 1. The highest BCUT2D eigenvalue weighted by Gasteiger charge is 2.52. The van der Waals surface area contributed by atoms with Crippen molar-refractivity contribution in [2.75, 3.05) is 0 Å². The third-order valence-corrected chi connectivity index (χ3v) is 7.31. The van der Waals surface area contributed by atoms with Crippen molar-refractivity contribution >= 4 is 34.5 Å². The van der Waals surface area contributed by atoms with E-state index < -0.39 is 11.2 Å². The van der Waals surface area contributed by atoms with Crippen LogP contribution in [0.4, 0.5) is 0 Å². The molecule has 4 saturated carbocycles. The number of hydrogen-bond donors (Lipinski definition) is 2. The highest BCUT2D eigenvalue weighted by atomic mass is 32.2. The van der Waals surface area contributed by atoms with E-state index in [1.165, 1.54) is 50.3 Å². The number of amidine groups is 1. The molecule has 0 spiro atoms. The van der Waals surface area contributed by atoms with Crippen LogP contribution in [0.3, 0.4) is 0 Å². The Labute approximate surface area is 145 Å². The molecule has 5 aliphatic rings. The Morgan fingerprint density at radius 3 is 2.38 bits per heavy atom. The van der Waals surface area contributed by atoms with Crippen molar-refractivity contribution in [2.45, 2.75) is 57.1 Å². The van der Waals surface area contributed by atoms with Gasteiger partial charge in [0.25, 0.3) is 0 Å². The van der Waals surface area contributed by atoms with E-state index in [2.05, 4.69) is 22.4 Å². The summed E-state index contributed by atoms with van der Waals surface area (Å²) < 4.78 is 0. The molecule has 5 rings (SSSR count). The second kappa shape index (κ2) is 5.86. The lowest BCUT2D eigenvalue weighted by Crippen LogP contribution is -2.49. The molecule has 1 amide bonds. The third kappa shape index (κ3) is 2.87. The summed E-state index contributed by atoms with van der Waals surface area (Å²) in [5.41, 5.74) is 1.30. The van der Waals surface area contributed by atoms with Crippen LogP contribution >= 0.6 is 11.8 Å². The van der Waals surface area contributed by atoms with Gasteiger partial charge in [0.1, 0.15) is 5.25 Å². The summed E-state index contributed by atoms with van der Waals surface area (Å²) in [5, 5.41) is 20.0. The van der Waals surface area contributed by atoms with Crippen LogP contribution < -0.4 is 5.32 Å². The van der Waals surface area contributed by atoms with Crippen LogP contribution in [0.2, 0.25) is 0 Å². The summed E-state index contributed by atoms with van der Waals surface area (Å²) in [7, 11) is 0. The summed E-state index contributed by atoms with van der Waals surface area (Å²) in [5.74, 6) is 1.31. The smallest absolute Gasteiger partial charge is 0.305 e. The predicted molar refractivity (Wildman–Crippen MR) is 92.9 cm³/mol.